The minimum Gasteiger partial charge on any atom is -0.478 e. The third-order valence-electron chi connectivity index (χ3n) is 7.08. The van der Waals surface area contributed by atoms with Crippen LogP contribution in [0.25, 0.3) is 11.1 Å². The van der Waals surface area contributed by atoms with E-state index in [4.69, 9.17) is 9.47 Å². The molecule has 0 unspecified atom stereocenters. The Labute approximate surface area is 267 Å². The maximum absolute atomic E-state index is 13.0. The number of amides is 2. The lowest BCUT2D eigenvalue weighted by molar-refractivity contribution is 0.0651. The van der Waals surface area contributed by atoms with Crippen molar-refractivity contribution in [1.29, 1.82) is 0 Å². The van der Waals surface area contributed by atoms with E-state index < -0.39 is 11.9 Å². The Morgan fingerprint density at radius 3 is 1.35 bits per heavy atom. The number of carbonyl (C=O) groups excluding carboxylic acids is 2. The van der Waals surface area contributed by atoms with E-state index in [9.17, 15) is 29.4 Å². The molecular formula is C36H36N2O8. The van der Waals surface area contributed by atoms with Crippen LogP contribution in [-0.2, 0) is 0 Å². The lowest BCUT2D eigenvalue weighted by atomic mass is 10.0. The summed E-state index contributed by atoms with van der Waals surface area (Å²) in [4.78, 5) is 48.6. The highest BCUT2D eigenvalue weighted by Crippen LogP contribution is 2.30. The van der Waals surface area contributed by atoms with Crippen LogP contribution < -0.4 is 20.1 Å². The molecule has 4 rings (SSSR count). The number of hydrogen-bond donors (Lipinski definition) is 4. The second-order valence-corrected chi connectivity index (χ2v) is 10.5. The molecule has 4 N–H and O–H groups in total. The molecule has 0 saturated carbocycles. The molecule has 10 nitrogen and oxygen atoms in total. The molecule has 0 heterocycles. The number of ether oxygens (including phenoxy) is 2. The quantitative estimate of drug-likeness (QED) is 0.0999. The molecule has 4 aromatic carbocycles. The standard InChI is InChI=1S/C36H36N2O8/c1-3-5-19-37-33(39)29-17-15-27(21-31(29)34(40)38-20-6-4-2)45-25-11-7-23(8-12-25)24-9-13-26(14-10-24)46-28-16-18-30(35(41)42)32(22-28)36(43)44/h7-18,21-22H,3-6,19-20H2,1-2H3,(H,37,39)(H,38,40)(H,41,42)(H,43,44). The van der Waals surface area contributed by atoms with Crippen LogP contribution in [0.5, 0.6) is 23.0 Å². The molecule has 238 valence electrons. The van der Waals surface area contributed by atoms with Gasteiger partial charge >= 0.3 is 11.9 Å². The largest absolute Gasteiger partial charge is 0.478 e. The molecule has 10 heteroatoms. The Morgan fingerprint density at radius 2 is 0.913 bits per heavy atom. The van der Waals surface area contributed by atoms with Gasteiger partial charge in [-0.25, -0.2) is 9.59 Å². The summed E-state index contributed by atoms with van der Waals surface area (Å²) < 4.78 is 11.8. The summed E-state index contributed by atoms with van der Waals surface area (Å²) in [6.07, 6.45) is 3.55. The summed E-state index contributed by atoms with van der Waals surface area (Å²) in [5.74, 6) is -1.73. The van der Waals surface area contributed by atoms with E-state index in [1.807, 2.05) is 38.1 Å². The number of hydrogen-bond acceptors (Lipinski definition) is 6. The molecule has 0 atom stereocenters. The average molecular weight is 625 g/mol. The van der Waals surface area contributed by atoms with Crippen molar-refractivity contribution < 1.29 is 38.9 Å². The maximum atomic E-state index is 13.0. The van der Waals surface area contributed by atoms with Crippen LogP contribution in [0.2, 0.25) is 0 Å². The number of carbonyl (C=O) groups is 4. The van der Waals surface area contributed by atoms with Crippen molar-refractivity contribution in [2.45, 2.75) is 39.5 Å². The Bertz CT molecular complexity index is 1700. The summed E-state index contributed by atoms with van der Waals surface area (Å²) in [6, 6.07) is 23.1. The van der Waals surface area contributed by atoms with Gasteiger partial charge < -0.3 is 30.3 Å². The van der Waals surface area contributed by atoms with Gasteiger partial charge in [0, 0.05) is 13.1 Å². The summed E-state index contributed by atoms with van der Waals surface area (Å²) in [5.41, 5.74) is 1.64. The van der Waals surface area contributed by atoms with E-state index in [2.05, 4.69) is 10.6 Å². The van der Waals surface area contributed by atoms with Crippen molar-refractivity contribution in [3.8, 4) is 34.1 Å². The van der Waals surface area contributed by atoms with Crippen molar-refractivity contribution in [2.24, 2.45) is 0 Å². The molecule has 0 aromatic heterocycles. The zero-order valence-corrected chi connectivity index (χ0v) is 25.7. The van der Waals surface area contributed by atoms with Crippen LogP contribution in [0.15, 0.2) is 84.9 Å². The van der Waals surface area contributed by atoms with Gasteiger partial charge in [0.15, 0.2) is 0 Å². The van der Waals surface area contributed by atoms with Crippen molar-refractivity contribution in [1.82, 2.24) is 10.6 Å². The topological polar surface area (TPSA) is 151 Å². The predicted octanol–water partition coefficient (Wildman–Crippen LogP) is 7.39. The van der Waals surface area contributed by atoms with Crippen molar-refractivity contribution in [3.63, 3.8) is 0 Å². The lowest BCUT2D eigenvalue weighted by Crippen LogP contribution is -2.30. The zero-order valence-electron chi connectivity index (χ0n) is 25.7. The monoisotopic (exact) mass is 624 g/mol. The van der Waals surface area contributed by atoms with Gasteiger partial charge in [0.1, 0.15) is 23.0 Å². The maximum Gasteiger partial charge on any atom is 0.336 e. The van der Waals surface area contributed by atoms with E-state index >= 15 is 0 Å². The predicted molar refractivity (Wildman–Crippen MR) is 173 cm³/mol. The highest BCUT2D eigenvalue weighted by molar-refractivity contribution is 6.07. The fourth-order valence-electron chi connectivity index (χ4n) is 4.57. The summed E-state index contributed by atoms with van der Waals surface area (Å²) in [5, 5.41) is 24.3. The average Bonchev–Trinajstić information content (AvgIpc) is 3.05. The Morgan fingerprint density at radius 1 is 0.522 bits per heavy atom. The Hall–Kier alpha value is -5.64. The minimum atomic E-state index is -1.36. The lowest BCUT2D eigenvalue weighted by Gasteiger charge is -2.13. The second kappa shape index (κ2) is 15.9. The molecule has 4 aromatic rings. The highest BCUT2D eigenvalue weighted by atomic mass is 16.5. The van der Waals surface area contributed by atoms with Gasteiger partial charge in [-0.15, -0.1) is 0 Å². The van der Waals surface area contributed by atoms with Gasteiger partial charge in [-0.1, -0.05) is 51.0 Å². The molecule has 0 spiro atoms. The van der Waals surface area contributed by atoms with E-state index in [1.165, 1.54) is 18.2 Å². The van der Waals surface area contributed by atoms with Gasteiger partial charge in [0.05, 0.1) is 22.3 Å². The van der Waals surface area contributed by atoms with E-state index in [1.54, 1.807) is 42.5 Å². The summed E-state index contributed by atoms with van der Waals surface area (Å²) >= 11 is 0. The molecule has 0 bridgehead atoms. The molecule has 0 aliphatic heterocycles. The molecule has 0 fully saturated rings. The fourth-order valence-corrected chi connectivity index (χ4v) is 4.57. The Kier molecular flexibility index (Phi) is 11.5. The summed E-state index contributed by atoms with van der Waals surface area (Å²) in [7, 11) is 0. The molecule has 0 saturated heterocycles. The molecule has 46 heavy (non-hydrogen) atoms. The second-order valence-electron chi connectivity index (χ2n) is 10.5. The van der Waals surface area contributed by atoms with Crippen LogP contribution >= 0.6 is 0 Å². The fraction of sp³-hybridized carbons (Fsp3) is 0.222. The van der Waals surface area contributed by atoms with Gasteiger partial charge in [0.2, 0.25) is 0 Å². The zero-order chi connectivity index (χ0) is 33.1. The van der Waals surface area contributed by atoms with Crippen LogP contribution in [0.1, 0.15) is 81.0 Å². The van der Waals surface area contributed by atoms with Crippen molar-refractivity contribution in [2.75, 3.05) is 13.1 Å². The molecule has 2 amide bonds. The van der Waals surface area contributed by atoms with Gasteiger partial charge in [-0.05, 0) is 84.6 Å². The highest BCUT2D eigenvalue weighted by Gasteiger charge is 2.19. The van der Waals surface area contributed by atoms with Crippen LogP contribution in [0.3, 0.4) is 0 Å². The first kappa shape index (κ1) is 33.3. The number of nitrogens with one attached hydrogen (secondary N) is 2. The van der Waals surface area contributed by atoms with Crippen LogP contribution in [0.4, 0.5) is 0 Å². The number of carboxylic acid groups (broad SMARTS) is 2. The van der Waals surface area contributed by atoms with Crippen LogP contribution in [0, 0.1) is 0 Å². The van der Waals surface area contributed by atoms with Crippen molar-refractivity contribution in [3.05, 3.63) is 107 Å². The number of carboxylic acids is 2. The van der Waals surface area contributed by atoms with E-state index in [0.717, 1.165) is 36.8 Å². The number of rotatable bonds is 15. The molecule has 0 aliphatic rings. The van der Waals surface area contributed by atoms with Gasteiger partial charge in [0.25, 0.3) is 11.8 Å². The normalized spacial score (nSPS) is 10.6. The Balaban J connectivity index is 1.46. The summed E-state index contributed by atoms with van der Waals surface area (Å²) in [6.45, 7) is 5.12. The number of benzene rings is 4. The molecule has 0 aliphatic carbocycles. The number of aromatic carboxylic acids is 2. The molecular weight excluding hydrogens is 588 g/mol. The SMILES string of the molecule is CCCCNC(=O)c1ccc(Oc2ccc(-c3ccc(Oc4ccc(C(=O)O)c(C(=O)O)c4)cc3)cc2)cc1C(=O)NCCCC. The first-order chi connectivity index (χ1) is 22.2. The van der Waals surface area contributed by atoms with Crippen LogP contribution in [-0.4, -0.2) is 47.1 Å². The van der Waals surface area contributed by atoms with Gasteiger partial charge in [-0.2, -0.15) is 0 Å². The van der Waals surface area contributed by atoms with Gasteiger partial charge in [-0.3, -0.25) is 9.59 Å². The van der Waals surface area contributed by atoms with E-state index in [0.29, 0.717) is 35.9 Å². The third-order valence-corrected chi connectivity index (χ3v) is 7.08. The molecule has 0 radical (unpaired) electrons. The smallest absolute Gasteiger partial charge is 0.336 e. The first-order valence-electron chi connectivity index (χ1n) is 15.1. The van der Waals surface area contributed by atoms with E-state index in [-0.39, 0.29) is 34.3 Å². The third kappa shape index (κ3) is 8.72. The first-order valence-corrected chi connectivity index (χ1v) is 15.1. The van der Waals surface area contributed by atoms with Crippen molar-refractivity contribution >= 4 is 23.8 Å². The minimum absolute atomic E-state index is 0.198. The number of unbranched alkanes of at least 4 members (excludes halogenated alkanes) is 2.